The van der Waals surface area contributed by atoms with Gasteiger partial charge in [0, 0.05) is 36.6 Å². The van der Waals surface area contributed by atoms with Crippen LogP contribution in [0.4, 0.5) is 5.00 Å². The maximum Gasteiger partial charge on any atom is 0.341 e. The molecule has 0 atom stereocenters. The summed E-state index contributed by atoms with van der Waals surface area (Å²) >= 11 is 1.40. The summed E-state index contributed by atoms with van der Waals surface area (Å²) in [5.74, 6) is -0.855. The van der Waals surface area contributed by atoms with E-state index in [1.165, 1.54) is 47.0 Å². The van der Waals surface area contributed by atoms with Crippen LogP contribution in [0.3, 0.4) is 0 Å². The van der Waals surface area contributed by atoms with Crippen LogP contribution < -0.4 is 5.32 Å². The van der Waals surface area contributed by atoms with Gasteiger partial charge >= 0.3 is 5.97 Å². The number of amides is 1. The quantitative estimate of drug-likeness (QED) is 0.601. The van der Waals surface area contributed by atoms with Crippen molar-refractivity contribution in [2.75, 3.05) is 38.6 Å². The lowest BCUT2D eigenvalue weighted by atomic mass is 10.0. The predicted octanol–water partition coefficient (Wildman–Crippen LogP) is 3.73. The largest absolute Gasteiger partial charge is 0.465 e. The first-order chi connectivity index (χ1) is 16.3. The SMILES string of the molecule is CCN1CCc2c(sc(NC(=O)c3ccc(S(=O)(=O)N4CCCCCC4)cc3)c2C(=O)OC)C1. The second-order valence-electron chi connectivity index (χ2n) is 8.62. The number of methoxy groups -OCH3 is 1. The fourth-order valence-electron chi connectivity index (χ4n) is 4.52. The van der Waals surface area contributed by atoms with Crippen LogP contribution in [0.15, 0.2) is 29.2 Å². The molecule has 1 aromatic heterocycles. The van der Waals surface area contributed by atoms with Crippen molar-refractivity contribution in [3.05, 3.63) is 45.8 Å². The van der Waals surface area contributed by atoms with Gasteiger partial charge in [0.25, 0.3) is 5.91 Å². The molecule has 1 fully saturated rings. The van der Waals surface area contributed by atoms with Gasteiger partial charge in [0.1, 0.15) is 5.00 Å². The van der Waals surface area contributed by atoms with Gasteiger partial charge in [-0.25, -0.2) is 13.2 Å². The second-order valence-corrected chi connectivity index (χ2v) is 11.7. The smallest absolute Gasteiger partial charge is 0.341 e. The van der Waals surface area contributed by atoms with Gasteiger partial charge in [0.05, 0.1) is 17.6 Å². The molecular formula is C24H31N3O5S2. The van der Waals surface area contributed by atoms with Crippen molar-refractivity contribution < 1.29 is 22.7 Å². The summed E-state index contributed by atoms with van der Waals surface area (Å²) in [5, 5.41) is 3.34. The molecule has 0 saturated carbocycles. The van der Waals surface area contributed by atoms with E-state index in [-0.39, 0.29) is 4.90 Å². The van der Waals surface area contributed by atoms with E-state index in [1.807, 2.05) is 0 Å². The van der Waals surface area contributed by atoms with Crippen LogP contribution >= 0.6 is 11.3 Å². The summed E-state index contributed by atoms with van der Waals surface area (Å²) in [6, 6.07) is 6.00. The van der Waals surface area contributed by atoms with Crippen molar-refractivity contribution in [3.8, 4) is 0 Å². The third-order valence-electron chi connectivity index (χ3n) is 6.52. The number of carbonyl (C=O) groups excluding carboxylic acids is 2. The zero-order valence-corrected chi connectivity index (χ0v) is 21.3. The van der Waals surface area contributed by atoms with E-state index in [0.717, 1.165) is 62.2 Å². The molecule has 2 aliphatic rings. The Morgan fingerprint density at radius 2 is 1.74 bits per heavy atom. The predicted molar refractivity (Wildman–Crippen MR) is 132 cm³/mol. The number of nitrogens with zero attached hydrogens (tertiary/aromatic N) is 2. The Labute approximate surface area is 204 Å². The lowest BCUT2D eigenvalue weighted by Gasteiger charge is -2.25. The number of likely N-dealkylation sites (N-methyl/N-ethyl adjacent to an activating group) is 1. The zero-order valence-electron chi connectivity index (χ0n) is 19.6. The molecule has 1 aromatic carbocycles. The van der Waals surface area contributed by atoms with Crippen LogP contribution in [0.2, 0.25) is 0 Å². The molecule has 1 N–H and O–H groups in total. The maximum atomic E-state index is 13.0. The minimum Gasteiger partial charge on any atom is -0.465 e. The molecule has 4 rings (SSSR count). The van der Waals surface area contributed by atoms with E-state index in [4.69, 9.17) is 4.74 Å². The fraction of sp³-hybridized carbons (Fsp3) is 0.500. The summed E-state index contributed by atoms with van der Waals surface area (Å²) in [6.45, 7) is 5.65. The third-order valence-corrected chi connectivity index (χ3v) is 9.56. The molecule has 0 aliphatic carbocycles. The number of ether oxygens (including phenoxy) is 1. The maximum absolute atomic E-state index is 13.0. The summed E-state index contributed by atoms with van der Waals surface area (Å²) in [5.41, 5.74) is 1.69. The van der Waals surface area contributed by atoms with Crippen LogP contribution in [-0.2, 0) is 27.7 Å². The van der Waals surface area contributed by atoms with Crippen LogP contribution in [0.5, 0.6) is 0 Å². The Balaban J connectivity index is 1.54. The first-order valence-corrected chi connectivity index (χ1v) is 14.0. The number of anilines is 1. The molecule has 2 aromatic rings. The van der Waals surface area contributed by atoms with Gasteiger partial charge in [-0.05, 0) is 55.6 Å². The van der Waals surface area contributed by atoms with E-state index >= 15 is 0 Å². The Bertz CT molecular complexity index is 1150. The van der Waals surface area contributed by atoms with Gasteiger partial charge in [-0.1, -0.05) is 19.8 Å². The summed E-state index contributed by atoms with van der Waals surface area (Å²) < 4.78 is 32.5. The van der Waals surface area contributed by atoms with E-state index in [0.29, 0.717) is 29.2 Å². The van der Waals surface area contributed by atoms with E-state index in [9.17, 15) is 18.0 Å². The second kappa shape index (κ2) is 10.6. The molecule has 3 heterocycles. The van der Waals surface area contributed by atoms with Crippen molar-refractivity contribution in [2.45, 2.75) is 50.5 Å². The number of hydrogen-bond donors (Lipinski definition) is 1. The standard InChI is InChI=1S/C24H31N3O5S2/c1-3-26-15-12-19-20(16-26)33-23(21(19)24(29)32-2)25-22(28)17-8-10-18(11-9-17)34(30,31)27-13-6-4-5-7-14-27/h8-11H,3-7,12-16H2,1-2H3,(H,25,28). The number of carbonyl (C=O) groups is 2. The number of hydrogen-bond acceptors (Lipinski definition) is 7. The van der Waals surface area contributed by atoms with Crippen molar-refractivity contribution in [3.63, 3.8) is 0 Å². The highest BCUT2D eigenvalue weighted by molar-refractivity contribution is 7.89. The Kier molecular flexibility index (Phi) is 7.71. The molecule has 0 spiro atoms. The Morgan fingerprint density at radius 1 is 1.06 bits per heavy atom. The number of benzene rings is 1. The van der Waals surface area contributed by atoms with Crippen molar-refractivity contribution in [1.29, 1.82) is 0 Å². The van der Waals surface area contributed by atoms with E-state index < -0.39 is 21.9 Å². The Morgan fingerprint density at radius 3 is 2.35 bits per heavy atom. The monoisotopic (exact) mass is 505 g/mol. The van der Waals surface area contributed by atoms with Gasteiger partial charge in [-0.2, -0.15) is 4.31 Å². The Hall–Kier alpha value is -2.27. The first kappa shape index (κ1) is 24.8. The van der Waals surface area contributed by atoms with E-state index in [2.05, 4.69) is 17.1 Å². The van der Waals surface area contributed by atoms with Gasteiger partial charge in [-0.3, -0.25) is 9.69 Å². The zero-order chi connectivity index (χ0) is 24.3. The number of thiophene rings is 1. The van der Waals surface area contributed by atoms with Crippen LogP contribution in [-0.4, -0.2) is 62.8 Å². The molecular weight excluding hydrogens is 474 g/mol. The van der Waals surface area contributed by atoms with Crippen LogP contribution in [0.25, 0.3) is 0 Å². The normalized spacial score (nSPS) is 17.6. The molecule has 0 unspecified atom stereocenters. The molecule has 184 valence electrons. The number of esters is 1. The highest BCUT2D eigenvalue weighted by atomic mass is 32.2. The lowest BCUT2D eigenvalue weighted by Crippen LogP contribution is -2.31. The number of sulfonamides is 1. The van der Waals surface area contributed by atoms with Crippen LogP contribution in [0.1, 0.15) is 63.8 Å². The lowest BCUT2D eigenvalue weighted by molar-refractivity contribution is 0.0600. The molecule has 0 bridgehead atoms. The van der Waals surface area contributed by atoms with Gasteiger partial charge < -0.3 is 10.1 Å². The molecule has 34 heavy (non-hydrogen) atoms. The fourth-order valence-corrected chi connectivity index (χ4v) is 7.31. The number of fused-ring (bicyclic) bond motifs is 1. The molecule has 10 heteroatoms. The van der Waals surface area contributed by atoms with Gasteiger partial charge in [0.2, 0.25) is 10.0 Å². The molecule has 1 saturated heterocycles. The average molecular weight is 506 g/mol. The number of rotatable bonds is 6. The van der Waals surface area contributed by atoms with Gasteiger partial charge in [0.15, 0.2) is 0 Å². The third kappa shape index (κ3) is 5.05. The highest BCUT2D eigenvalue weighted by Crippen LogP contribution is 2.38. The van der Waals surface area contributed by atoms with Crippen molar-refractivity contribution in [1.82, 2.24) is 9.21 Å². The average Bonchev–Trinajstić information content (AvgIpc) is 3.00. The molecule has 0 radical (unpaired) electrons. The van der Waals surface area contributed by atoms with E-state index in [1.54, 1.807) is 0 Å². The topological polar surface area (TPSA) is 96.0 Å². The van der Waals surface area contributed by atoms with Crippen molar-refractivity contribution >= 4 is 38.2 Å². The summed E-state index contributed by atoms with van der Waals surface area (Å²) in [6.07, 6.45) is 4.54. The molecule has 1 amide bonds. The molecule has 2 aliphatic heterocycles. The first-order valence-electron chi connectivity index (χ1n) is 11.7. The number of nitrogens with one attached hydrogen (secondary N) is 1. The summed E-state index contributed by atoms with van der Waals surface area (Å²) in [7, 11) is -2.24. The van der Waals surface area contributed by atoms with Crippen LogP contribution in [0, 0.1) is 0 Å². The minimum absolute atomic E-state index is 0.187. The highest BCUT2D eigenvalue weighted by Gasteiger charge is 2.29. The molecule has 8 nitrogen and oxygen atoms in total. The van der Waals surface area contributed by atoms with Gasteiger partial charge in [-0.15, -0.1) is 11.3 Å². The minimum atomic E-state index is -3.58. The van der Waals surface area contributed by atoms with Crippen molar-refractivity contribution in [2.24, 2.45) is 0 Å². The summed E-state index contributed by atoms with van der Waals surface area (Å²) in [4.78, 5) is 29.0.